The van der Waals surface area contributed by atoms with Gasteiger partial charge in [-0.2, -0.15) is 0 Å². The zero-order valence-corrected chi connectivity index (χ0v) is 12.4. The van der Waals surface area contributed by atoms with Gasteiger partial charge in [0, 0.05) is 18.8 Å². The van der Waals surface area contributed by atoms with Crippen molar-refractivity contribution in [3.63, 3.8) is 0 Å². The van der Waals surface area contributed by atoms with E-state index in [9.17, 15) is 5.11 Å². The van der Waals surface area contributed by atoms with Gasteiger partial charge in [0.2, 0.25) is 0 Å². The lowest BCUT2D eigenvalue weighted by atomic mass is 9.83. The number of hydrogen-bond donors (Lipinski definition) is 1. The van der Waals surface area contributed by atoms with Gasteiger partial charge in [-0.3, -0.25) is 0 Å². The Balaban J connectivity index is 2.17. The van der Waals surface area contributed by atoms with E-state index >= 15 is 0 Å². The van der Waals surface area contributed by atoms with Gasteiger partial charge in [0.1, 0.15) is 5.82 Å². The third-order valence-electron chi connectivity index (χ3n) is 4.05. The fraction of sp³-hybridized carbons (Fsp3) is 0.688. The van der Waals surface area contributed by atoms with Crippen LogP contribution in [0.2, 0.25) is 0 Å². The second-order valence-electron chi connectivity index (χ2n) is 6.38. The van der Waals surface area contributed by atoms with Crippen molar-refractivity contribution in [3.8, 4) is 0 Å². The molecule has 0 aromatic carbocycles. The Hall–Kier alpha value is -1.09. The molecule has 0 saturated carbocycles. The number of piperidine rings is 1. The summed E-state index contributed by atoms with van der Waals surface area (Å²) in [5, 5.41) is 9.39. The molecule has 1 N–H and O–H groups in total. The van der Waals surface area contributed by atoms with Crippen LogP contribution in [0.15, 0.2) is 12.1 Å². The van der Waals surface area contributed by atoms with Crippen molar-refractivity contribution in [1.29, 1.82) is 0 Å². The van der Waals surface area contributed by atoms with Gasteiger partial charge in [-0.25, -0.2) is 4.98 Å². The first-order valence-electron chi connectivity index (χ1n) is 7.40. The standard InChI is InChI=1S/C16H26N2O/c1-4-5-14-10-13(12-19)11-15(17-14)18-8-6-16(2,3)7-9-18/h10-11,19H,4-9,12H2,1-3H3. The zero-order valence-electron chi connectivity index (χ0n) is 12.4. The minimum Gasteiger partial charge on any atom is -0.392 e. The van der Waals surface area contributed by atoms with Gasteiger partial charge in [0.15, 0.2) is 0 Å². The molecule has 0 bridgehead atoms. The van der Waals surface area contributed by atoms with Gasteiger partial charge in [-0.1, -0.05) is 27.2 Å². The molecular formula is C16H26N2O. The number of aromatic nitrogens is 1. The lowest BCUT2D eigenvalue weighted by molar-refractivity contribution is 0.277. The molecule has 1 aliphatic rings. The topological polar surface area (TPSA) is 36.4 Å². The third kappa shape index (κ3) is 3.69. The number of nitrogens with zero attached hydrogens (tertiary/aromatic N) is 2. The van der Waals surface area contributed by atoms with Crippen LogP contribution >= 0.6 is 0 Å². The molecule has 0 aliphatic carbocycles. The summed E-state index contributed by atoms with van der Waals surface area (Å²) in [6.45, 7) is 9.08. The molecule has 1 aromatic rings. The fourth-order valence-electron chi connectivity index (χ4n) is 2.61. The molecule has 106 valence electrons. The second kappa shape index (κ2) is 5.91. The predicted octanol–water partition coefficient (Wildman–Crippen LogP) is 3.15. The van der Waals surface area contributed by atoms with E-state index in [1.807, 2.05) is 12.1 Å². The van der Waals surface area contributed by atoms with Gasteiger partial charge in [0.05, 0.1) is 6.61 Å². The lowest BCUT2D eigenvalue weighted by Crippen LogP contribution is -2.37. The van der Waals surface area contributed by atoms with E-state index in [1.54, 1.807) is 0 Å². The van der Waals surface area contributed by atoms with E-state index in [0.717, 1.165) is 43.0 Å². The van der Waals surface area contributed by atoms with E-state index in [-0.39, 0.29) is 6.61 Å². The number of pyridine rings is 1. The van der Waals surface area contributed by atoms with E-state index in [2.05, 4.69) is 25.7 Å². The smallest absolute Gasteiger partial charge is 0.129 e. The van der Waals surface area contributed by atoms with E-state index in [1.165, 1.54) is 12.8 Å². The maximum atomic E-state index is 9.39. The van der Waals surface area contributed by atoms with Crippen molar-refractivity contribution < 1.29 is 5.11 Å². The first kappa shape index (κ1) is 14.3. The molecule has 0 amide bonds. The lowest BCUT2D eigenvalue weighted by Gasteiger charge is -2.37. The van der Waals surface area contributed by atoms with Crippen LogP contribution in [0.5, 0.6) is 0 Å². The minimum absolute atomic E-state index is 0.103. The number of aryl methyl sites for hydroxylation is 1. The van der Waals surface area contributed by atoms with E-state index in [0.29, 0.717) is 5.41 Å². The molecule has 0 radical (unpaired) electrons. The second-order valence-corrected chi connectivity index (χ2v) is 6.38. The average molecular weight is 262 g/mol. The van der Waals surface area contributed by atoms with Crippen LogP contribution in [-0.4, -0.2) is 23.2 Å². The molecule has 0 atom stereocenters. The molecule has 1 saturated heterocycles. The number of aliphatic hydroxyl groups is 1. The largest absolute Gasteiger partial charge is 0.392 e. The van der Waals surface area contributed by atoms with E-state index in [4.69, 9.17) is 4.98 Å². The number of rotatable bonds is 4. The highest BCUT2D eigenvalue weighted by Gasteiger charge is 2.26. The van der Waals surface area contributed by atoms with Crippen molar-refractivity contribution in [2.24, 2.45) is 5.41 Å². The van der Waals surface area contributed by atoms with Crippen molar-refractivity contribution in [2.75, 3.05) is 18.0 Å². The highest BCUT2D eigenvalue weighted by Crippen LogP contribution is 2.31. The Kier molecular flexibility index (Phi) is 4.46. The summed E-state index contributed by atoms with van der Waals surface area (Å²) in [4.78, 5) is 7.12. The molecule has 1 aliphatic heterocycles. The quantitative estimate of drug-likeness (QED) is 0.905. The van der Waals surface area contributed by atoms with Gasteiger partial charge in [0.25, 0.3) is 0 Å². The van der Waals surface area contributed by atoms with Crippen molar-refractivity contribution in [2.45, 2.75) is 53.1 Å². The first-order chi connectivity index (χ1) is 9.04. The molecule has 1 fully saturated rings. The molecule has 0 spiro atoms. The third-order valence-corrected chi connectivity index (χ3v) is 4.05. The van der Waals surface area contributed by atoms with Gasteiger partial charge >= 0.3 is 0 Å². The Morgan fingerprint density at radius 2 is 1.95 bits per heavy atom. The summed E-state index contributed by atoms with van der Waals surface area (Å²) in [7, 11) is 0. The summed E-state index contributed by atoms with van der Waals surface area (Å²) >= 11 is 0. The average Bonchev–Trinajstić information content (AvgIpc) is 2.38. The molecule has 2 heterocycles. The van der Waals surface area contributed by atoms with Crippen LogP contribution in [0, 0.1) is 5.41 Å². The minimum atomic E-state index is 0.103. The summed E-state index contributed by atoms with van der Waals surface area (Å²) in [5.74, 6) is 1.05. The van der Waals surface area contributed by atoms with Crippen LogP contribution in [0.4, 0.5) is 5.82 Å². The van der Waals surface area contributed by atoms with Crippen LogP contribution in [0.1, 0.15) is 51.3 Å². The molecule has 0 unspecified atom stereocenters. The fourth-order valence-corrected chi connectivity index (χ4v) is 2.61. The number of aliphatic hydroxyl groups excluding tert-OH is 1. The van der Waals surface area contributed by atoms with Gasteiger partial charge in [-0.05, 0) is 42.4 Å². The van der Waals surface area contributed by atoms with Crippen LogP contribution in [0.25, 0.3) is 0 Å². The highest BCUT2D eigenvalue weighted by molar-refractivity contribution is 5.43. The molecular weight excluding hydrogens is 236 g/mol. The monoisotopic (exact) mass is 262 g/mol. The maximum absolute atomic E-state index is 9.39. The Morgan fingerprint density at radius 1 is 1.26 bits per heavy atom. The van der Waals surface area contributed by atoms with Crippen LogP contribution in [0.3, 0.4) is 0 Å². The summed E-state index contributed by atoms with van der Waals surface area (Å²) < 4.78 is 0. The Bertz CT molecular complexity index is 419. The summed E-state index contributed by atoms with van der Waals surface area (Å²) in [6.07, 6.45) is 4.50. The maximum Gasteiger partial charge on any atom is 0.129 e. The Morgan fingerprint density at radius 3 is 2.53 bits per heavy atom. The molecule has 19 heavy (non-hydrogen) atoms. The molecule has 3 heteroatoms. The van der Waals surface area contributed by atoms with Crippen LogP contribution in [-0.2, 0) is 13.0 Å². The van der Waals surface area contributed by atoms with Crippen molar-refractivity contribution in [3.05, 3.63) is 23.4 Å². The summed E-state index contributed by atoms with van der Waals surface area (Å²) in [5.41, 5.74) is 2.55. The highest BCUT2D eigenvalue weighted by atomic mass is 16.3. The molecule has 2 rings (SSSR count). The van der Waals surface area contributed by atoms with Gasteiger partial charge in [-0.15, -0.1) is 0 Å². The van der Waals surface area contributed by atoms with Crippen LogP contribution < -0.4 is 4.90 Å². The number of hydrogen-bond acceptors (Lipinski definition) is 3. The van der Waals surface area contributed by atoms with Crippen molar-refractivity contribution >= 4 is 5.82 Å². The summed E-state index contributed by atoms with van der Waals surface area (Å²) in [6, 6.07) is 4.07. The first-order valence-corrected chi connectivity index (χ1v) is 7.40. The molecule has 3 nitrogen and oxygen atoms in total. The van der Waals surface area contributed by atoms with Crippen molar-refractivity contribution in [1.82, 2.24) is 4.98 Å². The Labute approximate surface area is 116 Å². The SMILES string of the molecule is CCCc1cc(CO)cc(N2CCC(C)(C)CC2)n1. The molecule has 1 aromatic heterocycles. The van der Waals surface area contributed by atoms with E-state index < -0.39 is 0 Å². The normalized spacial score (nSPS) is 18.6. The zero-order chi connectivity index (χ0) is 13.9. The number of anilines is 1. The predicted molar refractivity (Wildman–Crippen MR) is 79.4 cm³/mol. The van der Waals surface area contributed by atoms with Gasteiger partial charge < -0.3 is 10.0 Å².